The third kappa shape index (κ3) is 2.07. The summed E-state index contributed by atoms with van der Waals surface area (Å²) in [6, 6.07) is 3.96. The zero-order valence-electron chi connectivity index (χ0n) is 9.22. The molecule has 0 radical (unpaired) electrons. The summed E-state index contributed by atoms with van der Waals surface area (Å²) >= 11 is 0. The van der Waals surface area contributed by atoms with Gasteiger partial charge in [-0.1, -0.05) is 13.3 Å². The molecule has 2 N–H and O–H groups in total. The molecule has 16 heavy (non-hydrogen) atoms. The van der Waals surface area contributed by atoms with Crippen LogP contribution in [0.25, 0.3) is 0 Å². The standard InChI is InChI=1S/C12H15FN2O/c1-2-3-6-14-11-9-7-8(13)4-5-10(9)15-12(11)16/h4-5,7,11,14H,2-3,6H2,1H3,(H,15,16). The molecule has 1 unspecified atom stereocenters. The van der Waals surface area contributed by atoms with Crippen LogP contribution in [0.1, 0.15) is 31.4 Å². The lowest BCUT2D eigenvalue weighted by Gasteiger charge is -2.10. The molecule has 1 aliphatic heterocycles. The fourth-order valence-corrected chi connectivity index (χ4v) is 1.86. The minimum Gasteiger partial charge on any atom is -0.324 e. The molecular formula is C12H15FN2O. The Morgan fingerprint density at radius 3 is 3.06 bits per heavy atom. The minimum absolute atomic E-state index is 0.100. The van der Waals surface area contributed by atoms with Crippen molar-refractivity contribution < 1.29 is 9.18 Å². The molecule has 0 bridgehead atoms. The first kappa shape index (κ1) is 11.1. The Kier molecular flexibility index (Phi) is 3.19. The fourth-order valence-electron chi connectivity index (χ4n) is 1.86. The van der Waals surface area contributed by atoms with Gasteiger partial charge in [-0.15, -0.1) is 0 Å². The zero-order valence-corrected chi connectivity index (χ0v) is 9.22. The maximum Gasteiger partial charge on any atom is 0.246 e. The highest BCUT2D eigenvalue weighted by Crippen LogP contribution is 2.30. The number of rotatable bonds is 4. The van der Waals surface area contributed by atoms with Crippen molar-refractivity contribution >= 4 is 11.6 Å². The third-order valence-electron chi connectivity index (χ3n) is 2.72. The lowest BCUT2D eigenvalue weighted by Crippen LogP contribution is -2.28. The summed E-state index contributed by atoms with van der Waals surface area (Å²) in [6.45, 7) is 2.86. The molecule has 1 heterocycles. The summed E-state index contributed by atoms with van der Waals surface area (Å²) in [4.78, 5) is 11.6. The molecule has 1 aromatic rings. The van der Waals surface area contributed by atoms with Crippen molar-refractivity contribution in [1.82, 2.24) is 5.32 Å². The summed E-state index contributed by atoms with van der Waals surface area (Å²) < 4.78 is 13.1. The van der Waals surface area contributed by atoms with E-state index in [2.05, 4.69) is 17.6 Å². The average molecular weight is 222 g/mol. The molecule has 1 aromatic carbocycles. The minimum atomic E-state index is -0.405. The van der Waals surface area contributed by atoms with E-state index in [1.807, 2.05) is 0 Å². The summed E-state index contributed by atoms with van der Waals surface area (Å²) in [6.07, 6.45) is 2.08. The highest BCUT2D eigenvalue weighted by Gasteiger charge is 2.29. The summed E-state index contributed by atoms with van der Waals surface area (Å²) in [7, 11) is 0. The number of halogens is 1. The van der Waals surface area contributed by atoms with Gasteiger partial charge >= 0.3 is 0 Å². The van der Waals surface area contributed by atoms with Crippen molar-refractivity contribution in [2.45, 2.75) is 25.8 Å². The molecular weight excluding hydrogens is 207 g/mol. The smallest absolute Gasteiger partial charge is 0.246 e. The fraction of sp³-hybridized carbons (Fsp3) is 0.417. The van der Waals surface area contributed by atoms with Crippen LogP contribution < -0.4 is 10.6 Å². The Labute approximate surface area is 94.0 Å². The number of unbranched alkanes of at least 4 members (excludes halogenated alkanes) is 1. The second-order valence-corrected chi connectivity index (χ2v) is 3.96. The van der Waals surface area contributed by atoms with Crippen LogP contribution in [0.15, 0.2) is 18.2 Å². The van der Waals surface area contributed by atoms with Gasteiger partial charge in [-0.2, -0.15) is 0 Å². The van der Waals surface area contributed by atoms with Crippen LogP contribution in [-0.4, -0.2) is 12.5 Å². The number of amides is 1. The highest BCUT2D eigenvalue weighted by atomic mass is 19.1. The number of benzene rings is 1. The Bertz CT molecular complexity index is 406. The predicted octanol–water partition coefficient (Wildman–Crippen LogP) is 2.21. The Hall–Kier alpha value is -1.42. The van der Waals surface area contributed by atoms with Gasteiger partial charge in [-0.25, -0.2) is 4.39 Å². The van der Waals surface area contributed by atoms with Gasteiger partial charge in [-0.3, -0.25) is 4.79 Å². The van der Waals surface area contributed by atoms with Crippen molar-refractivity contribution in [3.05, 3.63) is 29.6 Å². The first-order valence-electron chi connectivity index (χ1n) is 5.56. The molecule has 0 fully saturated rings. The molecule has 3 nitrogen and oxygen atoms in total. The molecule has 1 amide bonds. The monoisotopic (exact) mass is 222 g/mol. The van der Waals surface area contributed by atoms with Gasteiger partial charge in [0.05, 0.1) is 0 Å². The molecule has 0 saturated heterocycles. The van der Waals surface area contributed by atoms with E-state index in [0.29, 0.717) is 11.3 Å². The van der Waals surface area contributed by atoms with Gasteiger partial charge in [0.1, 0.15) is 11.9 Å². The number of carbonyl (C=O) groups excluding carboxylic acids is 1. The van der Waals surface area contributed by atoms with E-state index in [1.54, 1.807) is 6.07 Å². The van der Waals surface area contributed by atoms with Crippen LogP contribution in [0.4, 0.5) is 10.1 Å². The molecule has 1 aliphatic rings. The van der Waals surface area contributed by atoms with Crippen LogP contribution in [-0.2, 0) is 4.79 Å². The van der Waals surface area contributed by atoms with Gasteiger partial charge in [-0.05, 0) is 31.2 Å². The second-order valence-electron chi connectivity index (χ2n) is 3.96. The number of hydrogen-bond acceptors (Lipinski definition) is 2. The van der Waals surface area contributed by atoms with Crippen LogP contribution in [0.5, 0.6) is 0 Å². The molecule has 4 heteroatoms. The summed E-state index contributed by atoms with van der Waals surface area (Å²) in [5, 5.41) is 5.87. The number of anilines is 1. The number of carbonyl (C=O) groups is 1. The molecule has 0 aromatic heterocycles. The van der Waals surface area contributed by atoms with E-state index < -0.39 is 6.04 Å². The zero-order chi connectivity index (χ0) is 11.5. The van der Waals surface area contributed by atoms with E-state index in [4.69, 9.17) is 0 Å². The first-order chi connectivity index (χ1) is 7.72. The number of nitrogens with one attached hydrogen (secondary N) is 2. The topological polar surface area (TPSA) is 41.1 Å². The highest BCUT2D eigenvalue weighted by molar-refractivity contribution is 6.02. The number of fused-ring (bicyclic) bond motifs is 1. The summed E-state index contributed by atoms with van der Waals surface area (Å²) in [5.41, 5.74) is 1.42. The third-order valence-corrected chi connectivity index (χ3v) is 2.72. The quantitative estimate of drug-likeness (QED) is 0.767. The molecule has 0 spiro atoms. The molecule has 1 atom stereocenters. The van der Waals surface area contributed by atoms with Gasteiger partial charge in [0.2, 0.25) is 5.91 Å². The van der Waals surface area contributed by atoms with Crippen molar-refractivity contribution in [3.63, 3.8) is 0 Å². The normalized spacial score (nSPS) is 18.4. The second kappa shape index (κ2) is 4.61. The van der Waals surface area contributed by atoms with E-state index in [0.717, 1.165) is 19.4 Å². The van der Waals surface area contributed by atoms with Crippen molar-refractivity contribution in [3.8, 4) is 0 Å². The Morgan fingerprint density at radius 1 is 1.50 bits per heavy atom. The lowest BCUT2D eigenvalue weighted by molar-refractivity contribution is -0.117. The average Bonchev–Trinajstić information content (AvgIpc) is 2.56. The molecule has 86 valence electrons. The first-order valence-corrected chi connectivity index (χ1v) is 5.56. The van der Waals surface area contributed by atoms with Gasteiger partial charge in [0.25, 0.3) is 0 Å². The van der Waals surface area contributed by atoms with Gasteiger partial charge in [0.15, 0.2) is 0 Å². The lowest BCUT2D eigenvalue weighted by atomic mass is 10.1. The molecule has 2 rings (SSSR count). The Balaban J connectivity index is 2.15. The number of hydrogen-bond donors (Lipinski definition) is 2. The van der Waals surface area contributed by atoms with Crippen molar-refractivity contribution in [1.29, 1.82) is 0 Å². The largest absolute Gasteiger partial charge is 0.324 e. The molecule has 0 saturated carbocycles. The SMILES string of the molecule is CCCCNC1C(=O)Nc2ccc(F)cc21. The van der Waals surface area contributed by atoms with Crippen LogP contribution >= 0.6 is 0 Å². The van der Waals surface area contributed by atoms with E-state index >= 15 is 0 Å². The van der Waals surface area contributed by atoms with Crippen LogP contribution in [0.2, 0.25) is 0 Å². The Morgan fingerprint density at radius 2 is 2.31 bits per heavy atom. The van der Waals surface area contributed by atoms with Crippen LogP contribution in [0.3, 0.4) is 0 Å². The van der Waals surface area contributed by atoms with Crippen LogP contribution in [0, 0.1) is 5.82 Å². The maximum absolute atomic E-state index is 13.1. The van der Waals surface area contributed by atoms with Gasteiger partial charge < -0.3 is 10.6 Å². The van der Waals surface area contributed by atoms with Crippen molar-refractivity contribution in [2.24, 2.45) is 0 Å². The van der Waals surface area contributed by atoms with E-state index in [9.17, 15) is 9.18 Å². The van der Waals surface area contributed by atoms with E-state index in [1.165, 1.54) is 12.1 Å². The maximum atomic E-state index is 13.1. The molecule has 0 aliphatic carbocycles. The predicted molar refractivity (Wildman–Crippen MR) is 60.7 cm³/mol. The summed E-state index contributed by atoms with van der Waals surface area (Å²) in [5.74, 6) is -0.408. The van der Waals surface area contributed by atoms with Gasteiger partial charge in [0, 0.05) is 11.3 Å². The van der Waals surface area contributed by atoms with Crippen molar-refractivity contribution in [2.75, 3.05) is 11.9 Å². The van der Waals surface area contributed by atoms with E-state index in [-0.39, 0.29) is 11.7 Å².